The number of rotatable bonds is 6. The van der Waals surface area contributed by atoms with Gasteiger partial charge in [0, 0.05) is 12.6 Å². The number of nitrogens with one attached hydrogen (secondary N) is 1. The van der Waals surface area contributed by atoms with Crippen molar-refractivity contribution in [3.63, 3.8) is 0 Å². The van der Waals surface area contributed by atoms with Crippen molar-refractivity contribution in [2.45, 2.75) is 19.3 Å². The van der Waals surface area contributed by atoms with Crippen LogP contribution in [0.1, 0.15) is 28.8 Å². The molecular formula is C16H16N2O3. The highest BCUT2D eigenvalue weighted by Crippen LogP contribution is 2.09. The highest BCUT2D eigenvalue weighted by molar-refractivity contribution is 5.92. The van der Waals surface area contributed by atoms with E-state index in [9.17, 15) is 9.59 Å². The summed E-state index contributed by atoms with van der Waals surface area (Å²) in [5.41, 5.74) is 1.29. The second-order valence-electron chi connectivity index (χ2n) is 4.62. The number of anilines is 1. The number of carbonyl (C=O) groups excluding carboxylic acids is 1. The number of carboxylic acid groups (broad SMARTS) is 1. The summed E-state index contributed by atoms with van der Waals surface area (Å²) >= 11 is 0. The molecule has 1 aromatic heterocycles. The van der Waals surface area contributed by atoms with Crippen molar-refractivity contribution < 1.29 is 14.7 Å². The molecule has 0 saturated carbocycles. The van der Waals surface area contributed by atoms with Gasteiger partial charge in [-0.1, -0.05) is 30.3 Å². The SMILES string of the molecule is O=C(CCCc1ccccc1)Nc1cc(C(=O)O)ccn1. The summed E-state index contributed by atoms with van der Waals surface area (Å²) in [6, 6.07) is 12.7. The third-order valence-electron chi connectivity index (χ3n) is 2.99. The molecule has 0 bridgehead atoms. The Balaban J connectivity index is 1.82. The Kier molecular flexibility index (Phi) is 5.04. The van der Waals surface area contributed by atoms with E-state index in [0.29, 0.717) is 6.42 Å². The van der Waals surface area contributed by atoms with Crippen molar-refractivity contribution in [1.29, 1.82) is 0 Å². The van der Waals surface area contributed by atoms with E-state index in [1.807, 2.05) is 30.3 Å². The zero-order valence-electron chi connectivity index (χ0n) is 11.5. The lowest BCUT2D eigenvalue weighted by molar-refractivity contribution is -0.116. The molecule has 0 aliphatic carbocycles. The number of aromatic nitrogens is 1. The number of benzene rings is 1. The van der Waals surface area contributed by atoms with Gasteiger partial charge in [0.15, 0.2) is 0 Å². The monoisotopic (exact) mass is 284 g/mol. The molecule has 21 heavy (non-hydrogen) atoms. The minimum Gasteiger partial charge on any atom is -0.478 e. The summed E-state index contributed by atoms with van der Waals surface area (Å²) in [6.07, 6.45) is 3.29. The fraction of sp³-hybridized carbons (Fsp3) is 0.188. The van der Waals surface area contributed by atoms with E-state index in [0.717, 1.165) is 12.8 Å². The fourth-order valence-electron chi connectivity index (χ4n) is 1.94. The Bertz CT molecular complexity index is 626. The molecule has 2 N–H and O–H groups in total. The molecule has 108 valence electrons. The largest absolute Gasteiger partial charge is 0.478 e. The highest BCUT2D eigenvalue weighted by Gasteiger charge is 2.07. The first-order chi connectivity index (χ1) is 10.1. The molecule has 0 unspecified atom stereocenters. The molecule has 0 spiro atoms. The van der Waals surface area contributed by atoms with Crippen LogP contribution in [0.4, 0.5) is 5.82 Å². The smallest absolute Gasteiger partial charge is 0.335 e. The van der Waals surface area contributed by atoms with Gasteiger partial charge < -0.3 is 10.4 Å². The second kappa shape index (κ2) is 7.19. The first-order valence-corrected chi connectivity index (χ1v) is 6.68. The van der Waals surface area contributed by atoms with Gasteiger partial charge in [0.05, 0.1) is 5.56 Å². The molecule has 0 fully saturated rings. The summed E-state index contributed by atoms with van der Waals surface area (Å²) in [7, 11) is 0. The number of aryl methyl sites for hydroxylation is 1. The van der Waals surface area contributed by atoms with Crippen LogP contribution in [0.15, 0.2) is 48.7 Å². The molecule has 1 aromatic carbocycles. The standard InChI is InChI=1S/C16H16N2O3/c19-15(8-4-7-12-5-2-1-3-6-12)18-14-11-13(16(20)21)9-10-17-14/h1-3,5-6,9-11H,4,7-8H2,(H,20,21)(H,17,18,19). The van der Waals surface area contributed by atoms with Gasteiger partial charge in [-0.05, 0) is 30.5 Å². The van der Waals surface area contributed by atoms with Crippen LogP contribution in [0, 0.1) is 0 Å². The Morgan fingerprint density at radius 3 is 2.62 bits per heavy atom. The van der Waals surface area contributed by atoms with Gasteiger partial charge in [0.25, 0.3) is 0 Å². The number of carboxylic acids is 1. The lowest BCUT2D eigenvalue weighted by Crippen LogP contribution is -2.13. The van der Waals surface area contributed by atoms with Crippen molar-refractivity contribution in [3.05, 3.63) is 59.8 Å². The van der Waals surface area contributed by atoms with Crippen LogP contribution in [0.3, 0.4) is 0 Å². The molecule has 5 heteroatoms. The first-order valence-electron chi connectivity index (χ1n) is 6.68. The van der Waals surface area contributed by atoms with Crippen molar-refractivity contribution in [2.24, 2.45) is 0 Å². The third kappa shape index (κ3) is 4.72. The van der Waals surface area contributed by atoms with Gasteiger partial charge in [-0.2, -0.15) is 0 Å². The number of aromatic carboxylic acids is 1. The molecular weight excluding hydrogens is 268 g/mol. The summed E-state index contributed by atoms with van der Waals surface area (Å²) in [6.45, 7) is 0. The first kappa shape index (κ1) is 14.7. The topological polar surface area (TPSA) is 79.3 Å². The molecule has 0 aliphatic rings. The van der Waals surface area contributed by atoms with E-state index in [1.54, 1.807) is 0 Å². The third-order valence-corrected chi connectivity index (χ3v) is 2.99. The van der Waals surface area contributed by atoms with Crippen LogP contribution in [-0.4, -0.2) is 22.0 Å². The van der Waals surface area contributed by atoms with E-state index in [4.69, 9.17) is 5.11 Å². The molecule has 2 aromatic rings. The Labute approximate surface area is 122 Å². The van der Waals surface area contributed by atoms with Crippen LogP contribution in [0.25, 0.3) is 0 Å². The lowest BCUT2D eigenvalue weighted by Gasteiger charge is -2.05. The maximum absolute atomic E-state index is 11.8. The van der Waals surface area contributed by atoms with Gasteiger partial charge in [-0.25, -0.2) is 9.78 Å². The van der Waals surface area contributed by atoms with Crippen LogP contribution in [-0.2, 0) is 11.2 Å². The van der Waals surface area contributed by atoms with Crippen LogP contribution >= 0.6 is 0 Å². The van der Waals surface area contributed by atoms with E-state index in [-0.39, 0.29) is 17.3 Å². The molecule has 0 atom stereocenters. The number of carbonyl (C=O) groups is 2. The van der Waals surface area contributed by atoms with E-state index < -0.39 is 5.97 Å². The molecule has 1 heterocycles. The predicted molar refractivity (Wildman–Crippen MR) is 79.2 cm³/mol. The zero-order valence-corrected chi connectivity index (χ0v) is 11.5. The Hall–Kier alpha value is -2.69. The fourth-order valence-corrected chi connectivity index (χ4v) is 1.94. The van der Waals surface area contributed by atoms with Crippen molar-refractivity contribution >= 4 is 17.7 Å². The van der Waals surface area contributed by atoms with Crippen molar-refractivity contribution in [3.8, 4) is 0 Å². The lowest BCUT2D eigenvalue weighted by atomic mass is 10.1. The van der Waals surface area contributed by atoms with Gasteiger partial charge in [0.1, 0.15) is 5.82 Å². The number of amides is 1. The molecule has 0 aliphatic heterocycles. The molecule has 2 rings (SSSR count). The number of hydrogen-bond acceptors (Lipinski definition) is 3. The predicted octanol–water partition coefficient (Wildman–Crippen LogP) is 2.74. The second-order valence-corrected chi connectivity index (χ2v) is 4.62. The van der Waals surface area contributed by atoms with E-state index >= 15 is 0 Å². The minimum absolute atomic E-state index is 0.101. The van der Waals surface area contributed by atoms with Gasteiger partial charge in [0.2, 0.25) is 5.91 Å². The maximum atomic E-state index is 11.8. The quantitative estimate of drug-likeness (QED) is 0.854. The Morgan fingerprint density at radius 1 is 1.14 bits per heavy atom. The molecule has 5 nitrogen and oxygen atoms in total. The molecule has 1 amide bonds. The highest BCUT2D eigenvalue weighted by atomic mass is 16.4. The van der Waals surface area contributed by atoms with Gasteiger partial charge in [-0.15, -0.1) is 0 Å². The van der Waals surface area contributed by atoms with E-state index in [1.165, 1.54) is 23.9 Å². The molecule has 0 saturated heterocycles. The molecule has 0 radical (unpaired) electrons. The van der Waals surface area contributed by atoms with Crippen LogP contribution in [0.2, 0.25) is 0 Å². The van der Waals surface area contributed by atoms with E-state index in [2.05, 4.69) is 10.3 Å². The van der Waals surface area contributed by atoms with Gasteiger partial charge in [-0.3, -0.25) is 4.79 Å². The van der Waals surface area contributed by atoms with Crippen molar-refractivity contribution in [2.75, 3.05) is 5.32 Å². The zero-order chi connectivity index (χ0) is 15.1. The summed E-state index contributed by atoms with van der Waals surface area (Å²) in [4.78, 5) is 26.5. The number of hydrogen-bond donors (Lipinski definition) is 2. The summed E-state index contributed by atoms with van der Waals surface area (Å²) in [5, 5.41) is 11.5. The van der Waals surface area contributed by atoms with Crippen LogP contribution < -0.4 is 5.32 Å². The normalized spacial score (nSPS) is 10.1. The van der Waals surface area contributed by atoms with Crippen LogP contribution in [0.5, 0.6) is 0 Å². The summed E-state index contributed by atoms with van der Waals surface area (Å²) in [5.74, 6) is -0.947. The average molecular weight is 284 g/mol. The van der Waals surface area contributed by atoms with Crippen molar-refractivity contribution in [1.82, 2.24) is 4.98 Å². The number of nitrogens with zero attached hydrogens (tertiary/aromatic N) is 1. The minimum atomic E-state index is -1.04. The average Bonchev–Trinajstić information content (AvgIpc) is 2.48. The number of pyridine rings is 1. The van der Waals surface area contributed by atoms with Gasteiger partial charge >= 0.3 is 5.97 Å². The maximum Gasteiger partial charge on any atom is 0.335 e. The summed E-state index contributed by atoms with van der Waals surface area (Å²) < 4.78 is 0. The Morgan fingerprint density at radius 2 is 1.90 bits per heavy atom.